The molecule has 3 aromatic rings. The fourth-order valence-electron chi connectivity index (χ4n) is 5.59. The number of nitrogens with zero attached hydrogens (tertiary/aromatic N) is 3. The van der Waals surface area contributed by atoms with Crippen molar-refractivity contribution in [3.63, 3.8) is 0 Å². The molecule has 0 aliphatic carbocycles. The third-order valence-corrected chi connectivity index (χ3v) is 9.77. The first-order valence-corrected chi connectivity index (χ1v) is 15.0. The second-order valence-corrected chi connectivity index (χ2v) is 12.3. The summed E-state index contributed by atoms with van der Waals surface area (Å²) in [5.41, 5.74) is 3.03. The second-order valence-electron chi connectivity index (χ2n) is 10.3. The minimum Gasteiger partial charge on any atom is -0.489 e. The maximum absolute atomic E-state index is 13.3. The summed E-state index contributed by atoms with van der Waals surface area (Å²) >= 11 is 0. The molecule has 0 aromatic heterocycles. The normalized spacial score (nSPS) is 19.7. The van der Waals surface area contributed by atoms with E-state index in [1.54, 1.807) is 42.5 Å². The number of carbonyl (C=O) groups excluding carboxylic acids is 3. The first kappa shape index (κ1) is 27.0. The van der Waals surface area contributed by atoms with E-state index in [1.807, 2.05) is 30.3 Å². The first-order chi connectivity index (χ1) is 19.8. The molecular weight excluding hydrogens is 544 g/mol. The van der Waals surface area contributed by atoms with Crippen LogP contribution in [-0.2, 0) is 32.8 Å². The number of fused-ring (bicyclic) bond motifs is 1. The van der Waals surface area contributed by atoms with Gasteiger partial charge in [0.2, 0.25) is 21.8 Å². The highest BCUT2D eigenvalue weighted by atomic mass is 32.2. The van der Waals surface area contributed by atoms with Crippen LogP contribution in [0.1, 0.15) is 34.3 Å². The molecule has 2 saturated heterocycles. The van der Waals surface area contributed by atoms with Crippen molar-refractivity contribution in [2.24, 2.45) is 0 Å². The Labute approximate surface area is 238 Å². The van der Waals surface area contributed by atoms with Crippen LogP contribution in [0.5, 0.6) is 5.75 Å². The van der Waals surface area contributed by atoms with Crippen LogP contribution in [-0.4, -0.2) is 67.6 Å². The molecule has 0 radical (unpaired) electrons. The lowest BCUT2D eigenvalue weighted by Crippen LogP contribution is -2.52. The lowest BCUT2D eigenvalue weighted by atomic mass is 10.0. The van der Waals surface area contributed by atoms with E-state index in [9.17, 15) is 22.8 Å². The number of anilines is 1. The van der Waals surface area contributed by atoms with Crippen molar-refractivity contribution in [2.45, 2.75) is 36.9 Å². The Hall–Kier alpha value is -4.22. The predicted molar refractivity (Wildman–Crippen MR) is 151 cm³/mol. The number of para-hydroxylation sites is 1. The average molecular weight is 575 g/mol. The summed E-state index contributed by atoms with van der Waals surface area (Å²) in [7, 11) is -3.62. The minimum absolute atomic E-state index is 0.180. The van der Waals surface area contributed by atoms with Crippen LogP contribution in [0.3, 0.4) is 0 Å². The maximum atomic E-state index is 13.3. The van der Waals surface area contributed by atoms with E-state index in [4.69, 9.17) is 4.74 Å². The van der Waals surface area contributed by atoms with Gasteiger partial charge >= 0.3 is 0 Å². The number of benzene rings is 3. The summed E-state index contributed by atoms with van der Waals surface area (Å²) in [5.74, 6) is -0.528. The fraction of sp³-hybridized carbons (Fsp3) is 0.300. The Morgan fingerprint density at radius 1 is 0.854 bits per heavy atom. The summed E-state index contributed by atoms with van der Waals surface area (Å²) in [6.07, 6.45) is 0.480. The molecule has 10 nitrogen and oxygen atoms in total. The third kappa shape index (κ3) is 5.30. The van der Waals surface area contributed by atoms with Crippen LogP contribution < -0.4 is 15.0 Å². The number of imide groups is 1. The average Bonchev–Trinajstić information content (AvgIpc) is 3.33. The van der Waals surface area contributed by atoms with E-state index in [1.165, 1.54) is 9.21 Å². The van der Waals surface area contributed by atoms with Gasteiger partial charge in [-0.25, -0.2) is 8.42 Å². The van der Waals surface area contributed by atoms with Crippen molar-refractivity contribution < 1.29 is 27.5 Å². The number of carbonyl (C=O) groups is 3. The lowest BCUT2D eigenvalue weighted by Gasteiger charge is -2.35. The van der Waals surface area contributed by atoms with Crippen LogP contribution in [0.4, 0.5) is 5.69 Å². The van der Waals surface area contributed by atoms with Crippen LogP contribution in [0.25, 0.3) is 0 Å². The zero-order chi connectivity index (χ0) is 28.6. The van der Waals surface area contributed by atoms with Crippen molar-refractivity contribution in [2.75, 3.05) is 31.1 Å². The number of sulfonamides is 1. The molecule has 1 N–H and O–H groups in total. The van der Waals surface area contributed by atoms with Crippen LogP contribution in [0.2, 0.25) is 0 Å². The van der Waals surface area contributed by atoms with Gasteiger partial charge in [-0.15, -0.1) is 0 Å². The molecule has 3 amide bonds. The van der Waals surface area contributed by atoms with Gasteiger partial charge in [0, 0.05) is 49.4 Å². The summed E-state index contributed by atoms with van der Waals surface area (Å²) in [4.78, 5) is 40.8. The molecule has 0 bridgehead atoms. The number of ether oxygens (including phenoxy) is 1. The van der Waals surface area contributed by atoms with Crippen molar-refractivity contribution in [3.8, 4) is 5.75 Å². The topological polar surface area (TPSA) is 116 Å². The summed E-state index contributed by atoms with van der Waals surface area (Å²) in [6, 6.07) is 21.1. The molecule has 3 aliphatic rings. The Bertz CT molecular complexity index is 1580. The molecule has 11 heteroatoms. The predicted octanol–water partition coefficient (Wildman–Crippen LogP) is 2.54. The van der Waals surface area contributed by atoms with E-state index in [-0.39, 0.29) is 36.3 Å². The molecule has 3 aliphatic heterocycles. The molecule has 3 aromatic carbocycles. The molecule has 212 valence electrons. The Morgan fingerprint density at radius 2 is 1.59 bits per heavy atom. The number of amides is 3. The molecule has 3 heterocycles. The summed E-state index contributed by atoms with van der Waals surface area (Å²) < 4.78 is 34.1. The van der Waals surface area contributed by atoms with Gasteiger partial charge in [-0.1, -0.05) is 36.4 Å². The molecule has 2 fully saturated rings. The molecule has 1 atom stereocenters. The van der Waals surface area contributed by atoms with Gasteiger partial charge in [-0.2, -0.15) is 4.31 Å². The minimum atomic E-state index is -3.62. The van der Waals surface area contributed by atoms with Gasteiger partial charge in [-0.3, -0.25) is 19.7 Å². The van der Waals surface area contributed by atoms with Gasteiger partial charge < -0.3 is 14.5 Å². The van der Waals surface area contributed by atoms with Gasteiger partial charge in [-0.05, 0) is 48.4 Å². The Morgan fingerprint density at radius 3 is 2.29 bits per heavy atom. The van der Waals surface area contributed by atoms with Gasteiger partial charge in [0.25, 0.3) is 5.91 Å². The Kier molecular flexibility index (Phi) is 7.22. The molecule has 6 rings (SSSR count). The van der Waals surface area contributed by atoms with Gasteiger partial charge in [0.1, 0.15) is 18.4 Å². The van der Waals surface area contributed by atoms with E-state index in [2.05, 4.69) is 10.2 Å². The standard InChI is InChI=1S/C30H30N4O6S/c35-28-14-13-26(29(36)31-28)34-19-25-24(30(34)37)7-4-8-27(25)40-20-21-9-11-23(12-10-21)41(38,39)33-17-15-32(16-18-33)22-5-2-1-3-6-22/h1-12,26H,13-20H2,(H,31,35,36). The van der Waals surface area contributed by atoms with E-state index >= 15 is 0 Å². The second kappa shape index (κ2) is 11.0. The van der Waals surface area contributed by atoms with E-state index < -0.39 is 22.0 Å². The number of nitrogens with one attached hydrogen (secondary N) is 1. The van der Waals surface area contributed by atoms with Crippen molar-refractivity contribution in [3.05, 3.63) is 89.5 Å². The van der Waals surface area contributed by atoms with Crippen molar-refractivity contribution >= 4 is 33.4 Å². The number of hydrogen-bond acceptors (Lipinski definition) is 7. The van der Waals surface area contributed by atoms with Crippen molar-refractivity contribution in [1.82, 2.24) is 14.5 Å². The zero-order valence-electron chi connectivity index (χ0n) is 22.4. The van der Waals surface area contributed by atoms with Gasteiger partial charge in [0.05, 0.1) is 11.4 Å². The van der Waals surface area contributed by atoms with Crippen molar-refractivity contribution in [1.29, 1.82) is 0 Å². The van der Waals surface area contributed by atoms with Gasteiger partial charge in [0.15, 0.2) is 0 Å². The largest absolute Gasteiger partial charge is 0.489 e. The SMILES string of the molecule is O=C1CCC(N2Cc3c(OCc4ccc(S(=O)(=O)N5CCN(c6ccccc6)CC5)cc4)cccc3C2=O)C(=O)N1. The molecule has 0 spiro atoms. The molecule has 0 saturated carbocycles. The summed E-state index contributed by atoms with van der Waals surface area (Å²) in [5, 5.41) is 2.31. The lowest BCUT2D eigenvalue weighted by molar-refractivity contribution is -0.136. The van der Waals surface area contributed by atoms with E-state index in [0.29, 0.717) is 49.5 Å². The first-order valence-electron chi connectivity index (χ1n) is 13.6. The Balaban J connectivity index is 1.09. The number of piperazine rings is 1. The highest BCUT2D eigenvalue weighted by Gasteiger charge is 2.40. The highest BCUT2D eigenvalue weighted by molar-refractivity contribution is 7.89. The number of rotatable bonds is 7. The molecule has 41 heavy (non-hydrogen) atoms. The molecular formula is C30H30N4O6S. The summed E-state index contributed by atoms with van der Waals surface area (Å²) in [6.45, 7) is 2.47. The maximum Gasteiger partial charge on any atom is 0.255 e. The zero-order valence-corrected chi connectivity index (χ0v) is 23.2. The fourth-order valence-corrected chi connectivity index (χ4v) is 7.01. The quantitative estimate of drug-likeness (QED) is 0.431. The third-order valence-electron chi connectivity index (χ3n) is 7.85. The van der Waals surface area contributed by atoms with Crippen LogP contribution in [0, 0.1) is 0 Å². The number of hydrogen-bond donors (Lipinski definition) is 1. The van der Waals surface area contributed by atoms with Crippen LogP contribution in [0.15, 0.2) is 77.7 Å². The molecule has 1 unspecified atom stereocenters. The monoisotopic (exact) mass is 574 g/mol. The smallest absolute Gasteiger partial charge is 0.255 e. The van der Waals surface area contributed by atoms with E-state index in [0.717, 1.165) is 11.3 Å². The highest BCUT2D eigenvalue weighted by Crippen LogP contribution is 2.34. The number of piperidine rings is 1. The van der Waals surface area contributed by atoms with Crippen LogP contribution >= 0.6 is 0 Å².